The van der Waals surface area contributed by atoms with Gasteiger partial charge in [-0.3, -0.25) is 4.79 Å². The Morgan fingerprint density at radius 1 is 1.15 bits per heavy atom. The van der Waals surface area contributed by atoms with Crippen LogP contribution in [0.5, 0.6) is 5.75 Å². The molecule has 0 atom stereocenters. The standard InChI is InChI=1S/C18H22N2O6/c1-3-25-17(22)14-10-19-18(23)20-15(14)11-26-16(21)9-6-12-4-7-13(24-2)8-5-12/h4-5,7-8H,3,6,9-11H2,1-2H3,(H2,19,20,23). The zero-order valence-electron chi connectivity index (χ0n) is 14.8. The van der Waals surface area contributed by atoms with Gasteiger partial charge in [-0.15, -0.1) is 0 Å². The SMILES string of the molecule is CCOC(=O)C1=C(COC(=O)CCc2ccc(OC)cc2)NC(=O)NC1. The van der Waals surface area contributed by atoms with Crippen molar-refractivity contribution in [3.05, 3.63) is 41.1 Å². The van der Waals surface area contributed by atoms with Crippen molar-refractivity contribution in [1.82, 2.24) is 10.6 Å². The van der Waals surface area contributed by atoms with E-state index in [9.17, 15) is 14.4 Å². The smallest absolute Gasteiger partial charge is 0.337 e. The number of benzene rings is 1. The summed E-state index contributed by atoms with van der Waals surface area (Å²) in [6, 6.07) is 6.94. The molecule has 8 heteroatoms. The number of hydrogen-bond acceptors (Lipinski definition) is 6. The summed E-state index contributed by atoms with van der Waals surface area (Å²) in [6.07, 6.45) is 0.696. The van der Waals surface area contributed by atoms with Crippen molar-refractivity contribution in [1.29, 1.82) is 0 Å². The summed E-state index contributed by atoms with van der Waals surface area (Å²) < 4.78 is 15.2. The normalized spacial score (nSPS) is 13.5. The van der Waals surface area contributed by atoms with Gasteiger partial charge in [0.15, 0.2) is 0 Å². The molecule has 0 spiro atoms. The van der Waals surface area contributed by atoms with Crippen LogP contribution in [0, 0.1) is 0 Å². The maximum Gasteiger partial charge on any atom is 0.337 e. The first kappa shape index (κ1) is 19.3. The number of hydrogen-bond donors (Lipinski definition) is 2. The number of carbonyl (C=O) groups is 3. The minimum absolute atomic E-state index is 0.0311. The fourth-order valence-corrected chi connectivity index (χ4v) is 2.33. The second kappa shape index (κ2) is 9.45. The summed E-state index contributed by atoms with van der Waals surface area (Å²) >= 11 is 0. The van der Waals surface area contributed by atoms with E-state index in [1.807, 2.05) is 24.3 Å². The highest BCUT2D eigenvalue weighted by Crippen LogP contribution is 2.13. The van der Waals surface area contributed by atoms with Crippen LogP contribution in [0.15, 0.2) is 35.5 Å². The highest BCUT2D eigenvalue weighted by Gasteiger charge is 2.24. The second-order valence-corrected chi connectivity index (χ2v) is 5.49. The van der Waals surface area contributed by atoms with Crippen molar-refractivity contribution in [2.24, 2.45) is 0 Å². The molecule has 1 aromatic rings. The van der Waals surface area contributed by atoms with Crippen LogP contribution in [0.4, 0.5) is 4.79 Å². The summed E-state index contributed by atoms with van der Waals surface area (Å²) in [5.41, 5.74) is 1.46. The molecule has 0 unspecified atom stereocenters. The predicted octanol–water partition coefficient (Wildman–Crippen LogP) is 1.30. The monoisotopic (exact) mass is 362 g/mol. The molecule has 1 heterocycles. The van der Waals surface area contributed by atoms with E-state index < -0.39 is 18.0 Å². The predicted molar refractivity (Wildman–Crippen MR) is 92.5 cm³/mol. The number of aryl methyl sites for hydroxylation is 1. The number of methoxy groups -OCH3 is 1. The number of esters is 2. The van der Waals surface area contributed by atoms with E-state index in [0.29, 0.717) is 6.42 Å². The Morgan fingerprint density at radius 2 is 1.88 bits per heavy atom. The third kappa shape index (κ3) is 5.51. The molecule has 2 N–H and O–H groups in total. The Hall–Kier alpha value is -3.03. The van der Waals surface area contributed by atoms with Gasteiger partial charge >= 0.3 is 18.0 Å². The Labute approximate surface area is 151 Å². The van der Waals surface area contributed by atoms with Gasteiger partial charge < -0.3 is 24.8 Å². The van der Waals surface area contributed by atoms with Gasteiger partial charge in [0, 0.05) is 6.42 Å². The van der Waals surface area contributed by atoms with E-state index in [-0.39, 0.29) is 37.4 Å². The molecular formula is C18H22N2O6. The van der Waals surface area contributed by atoms with Crippen LogP contribution in [-0.4, -0.2) is 44.8 Å². The number of rotatable bonds is 8. The van der Waals surface area contributed by atoms with E-state index in [0.717, 1.165) is 11.3 Å². The maximum atomic E-state index is 12.0. The quantitative estimate of drug-likeness (QED) is 0.676. The van der Waals surface area contributed by atoms with Gasteiger partial charge in [-0.2, -0.15) is 0 Å². The van der Waals surface area contributed by atoms with Crippen molar-refractivity contribution < 1.29 is 28.6 Å². The summed E-state index contributed by atoms with van der Waals surface area (Å²) in [5, 5.41) is 4.97. The van der Waals surface area contributed by atoms with Crippen LogP contribution in [0.25, 0.3) is 0 Å². The Morgan fingerprint density at radius 3 is 2.54 bits per heavy atom. The van der Waals surface area contributed by atoms with Crippen molar-refractivity contribution >= 4 is 18.0 Å². The molecule has 0 radical (unpaired) electrons. The lowest BCUT2D eigenvalue weighted by Crippen LogP contribution is -2.45. The summed E-state index contributed by atoms with van der Waals surface area (Å²) in [4.78, 5) is 35.3. The minimum atomic E-state index is -0.552. The molecule has 0 aromatic heterocycles. The Balaban J connectivity index is 1.88. The second-order valence-electron chi connectivity index (χ2n) is 5.49. The summed E-state index contributed by atoms with van der Waals surface area (Å²) in [6.45, 7) is 1.74. The molecule has 0 saturated carbocycles. The van der Waals surface area contributed by atoms with Gasteiger partial charge in [0.25, 0.3) is 0 Å². The van der Waals surface area contributed by atoms with Crippen molar-refractivity contribution in [3.63, 3.8) is 0 Å². The maximum absolute atomic E-state index is 12.0. The van der Waals surface area contributed by atoms with Crippen molar-refractivity contribution in [3.8, 4) is 5.75 Å². The molecular weight excluding hydrogens is 340 g/mol. The van der Waals surface area contributed by atoms with Crippen LogP contribution in [0.3, 0.4) is 0 Å². The van der Waals surface area contributed by atoms with Gasteiger partial charge in [-0.25, -0.2) is 9.59 Å². The van der Waals surface area contributed by atoms with E-state index in [1.165, 1.54) is 0 Å². The number of ether oxygens (including phenoxy) is 3. The molecule has 1 aromatic carbocycles. The van der Waals surface area contributed by atoms with E-state index >= 15 is 0 Å². The molecule has 2 amide bonds. The first-order valence-corrected chi connectivity index (χ1v) is 8.26. The third-order valence-corrected chi connectivity index (χ3v) is 3.73. The van der Waals surface area contributed by atoms with Crippen LogP contribution in [0.2, 0.25) is 0 Å². The number of carbonyl (C=O) groups excluding carboxylic acids is 3. The topological polar surface area (TPSA) is 103 Å². The van der Waals surface area contributed by atoms with Crippen LogP contribution < -0.4 is 15.4 Å². The fraction of sp³-hybridized carbons (Fsp3) is 0.389. The van der Waals surface area contributed by atoms with Gasteiger partial charge in [0.2, 0.25) is 0 Å². The minimum Gasteiger partial charge on any atom is -0.497 e. The summed E-state index contributed by atoms with van der Waals surface area (Å²) in [5.74, 6) is -0.231. The molecule has 0 fully saturated rings. The van der Waals surface area contributed by atoms with Crippen molar-refractivity contribution in [2.45, 2.75) is 19.8 Å². The van der Waals surface area contributed by atoms with Crippen LogP contribution >= 0.6 is 0 Å². The Bertz CT molecular complexity index is 696. The highest BCUT2D eigenvalue weighted by atomic mass is 16.5. The van der Waals surface area contributed by atoms with Gasteiger partial charge in [0.05, 0.1) is 31.5 Å². The molecule has 8 nitrogen and oxygen atoms in total. The zero-order valence-corrected chi connectivity index (χ0v) is 14.8. The first-order valence-electron chi connectivity index (χ1n) is 8.26. The van der Waals surface area contributed by atoms with Gasteiger partial charge in [-0.1, -0.05) is 12.1 Å². The number of nitrogens with one attached hydrogen (secondary N) is 2. The Kier molecular flexibility index (Phi) is 7.02. The largest absolute Gasteiger partial charge is 0.497 e. The molecule has 140 valence electrons. The van der Waals surface area contributed by atoms with E-state index in [2.05, 4.69) is 10.6 Å². The molecule has 2 rings (SSSR count). The van der Waals surface area contributed by atoms with E-state index in [1.54, 1.807) is 14.0 Å². The summed E-state index contributed by atoms with van der Waals surface area (Å²) in [7, 11) is 1.59. The fourth-order valence-electron chi connectivity index (χ4n) is 2.33. The molecule has 0 saturated heterocycles. The van der Waals surface area contributed by atoms with Gasteiger partial charge in [-0.05, 0) is 31.0 Å². The highest BCUT2D eigenvalue weighted by molar-refractivity contribution is 5.93. The number of urea groups is 1. The van der Waals surface area contributed by atoms with Crippen LogP contribution in [0.1, 0.15) is 18.9 Å². The average Bonchev–Trinajstić information content (AvgIpc) is 2.65. The van der Waals surface area contributed by atoms with E-state index in [4.69, 9.17) is 14.2 Å². The molecule has 0 bridgehead atoms. The lowest BCUT2D eigenvalue weighted by Gasteiger charge is -2.21. The van der Waals surface area contributed by atoms with Crippen molar-refractivity contribution in [2.75, 3.05) is 26.9 Å². The lowest BCUT2D eigenvalue weighted by molar-refractivity contribution is -0.143. The molecule has 26 heavy (non-hydrogen) atoms. The lowest BCUT2D eigenvalue weighted by atomic mass is 10.1. The zero-order chi connectivity index (χ0) is 18.9. The van der Waals surface area contributed by atoms with Gasteiger partial charge in [0.1, 0.15) is 12.4 Å². The van der Waals surface area contributed by atoms with Crippen LogP contribution in [-0.2, 0) is 25.5 Å². The average molecular weight is 362 g/mol. The molecule has 0 aliphatic carbocycles. The first-order chi connectivity index (χ1) is 12.5. The molecule has 1 aliphatic heterocycles. The number of amides is 2. The third-order valence-electron chi connectivity index (χ3n) is 3.73. The molecule has 1 aliphatic rings.